The van der Waals surface area contributed by atoms with Crippen molar-refractivity contribution in [3.05, 3.63) is 0 Å². The molecule has 4 nitrogen and oxygen atoms in total. The third kappa shape index (κ3) is 4.48. The van der Waals surface area contributed by atoms with E-state index in [0.29, 0.717) is 0 Å². The molecule has 0 radical (unpaired) electrons. The Balaban J connectivity index is 4.50. The van der Waals surface area contributed by atoms with Crippen LogP contribution in [0.25, 0.3) is 0 Å². The molecule has 0 spiro atoms. The molecule has 0 aromatic carbocycles. The zero-order chi connectivity index (χ0) is 12.2. The quantitative estimate of drug-likeness (QED) is 0.470. The van der Waals surface area contributed by atoms with Crippen molar-refractivity contribution >= 4 is 5.84 Å². The zero-order valence-electron chi connectivity index (χ0n) is 8.67. The predicted molar refractivity (Wildman–Crippen MR) is 50.6 cm³/mol. The summed E-state index contributed by atoms with van der Waals surface area (Å²) >= 11 is 0. The number of rotatable bonds is 5. The van der Waals surface area contributed by atoms with Crippen molar-refractivity contribution < 1.29 is 18.3 Å². The Morgan fingerprint density at radius 1 is 1.53 bits per heavy atom. The molecular weight excluding hydrogens is 211 g/mol. The lowest BCUT2D eigenvalue weighted by atomic mass is 10.1. The fourth-order valence-corrected chi connectivity index (χ4v) is 0.985. The van der Waals surface area contributed by atoms with Crippen LogP contribution in [0.1, 0.15) is 6.92 Å². The highest BCUT2D eigenvalue weighted by Gasteiger charge is 2.42. The Hall–Kier alpha value is -0.820. The average molecular weight is 227 g/mol. The van der Waals surface area contributed by atoms with Gasteiger partial charge in [-0.1, -0.05) is 0 Å². The first-order chi connectivity index (χ1) is 6.70. The summed E-state index contributed by atoms with van der Waals surface area (Å²) in [6.07, 6.45) is -4.52. The van der Waals surface area contributed by atoms with Crippen LogP contribution in [0.3, 0.4) is 0 Å². The number of nitrogens with one attached hydrogen (secondary N) is 1. The van der Waals surface area contributed by atoms with Crippen LogP contribution in [0.2, 0.25) is 0 Å². The molecule has 0 rings (SSSR count). The lowest BCUT2D eigenvalue weighted by Gasteiger charge is -2.28. The van der Waals surface area contributed by atoms with Gasteiger partial charge in [0.2, 0.25) is 0 Å². The number of amidine groups is 1. The summed E-state index contributed by atoms with van der Waals surface area (Å²) in [6, 6.07) is -0.394. The molecular formula is C8H16F3N3O. The van der Waals surface area contributed by atoms with Gasteiger partial charge in [0.1, 0.15) is 11.8 Å². The second-order valence-electron chi connectivity index (χ2n) is 3.52. The van der Waals surface area contributed by atoms with Gasteiger partial charge in [-0.3, -0.25) is 5.41 Å². The molecule has 0 amide bonds. The van der Waals surface area contributed by atoms with Crippen molar-refractivity contribution in [2.45, 2.75) is 19.1 Å². The lowest BCUT2D eigenvalue weighted by molar-refractivity contribution is -0.160. The van der Waals surface area contributed by atoms with E-state index in [1.807, 2.05) is 0 Å². The van der Waals surface area contributed by atoms with Gasteiger partial charge in [-0.05, 0) is 14.0 Å². The van der Waals surface area contributed by atoms with Crippen molar-refractivity contribution in [1.82, 2.24) is 4.90 Å². The molecule has 0 saturated carbocycles. The number of likely N-dealkylation sites (N-methyl/N-ethyl adjacent to an activating group) is 1. The molecule has 0 saturated heterocycles. The molecule has 7 heteroatoms. The van der Waals surface area contributed by atoms with Crippen LogP contribution < -0.4 is 5.73 Å². The molecule has 4 N–H and O–H groups in total. The Labute approximate surface area is 86.4 Å². The normalized spacial score (nSPS) is 16.5. The maximum Gasteiger partial charge on any atom is 0.399 e. The van der Waals surface area contributed by atoms with Gasteiger partial charge in [-0.15, -0.1) is 0 Å². The van der Waals surface area contributed by atoms with Crippen LogP contribution >= 0.6 is 0 Å². The van der Waals surface area contributed by atoms with E-state index in [9.17, 15) is 13.2 Å². The summed E-state index contributed by atoms with van der Waals surface area (Å²) in [7, 11) is 1.45. The SMILES string of the molecule is CC(CO)N(C)CC(C(=N)N)C(F)(F)F. The Kier molecular flexibility index (Phi) is 5.02. The minimum Gasteiger partial charge on any atom is -0.395 e. The van der Waals surface area contributed by atoms with Crippen LogP contribution in [0, 0.1) is 11.3 Å². The van der Waals surface area contributed by atoms with Gasteiger partial charge >= 0.3 is 6.18 Å². The second kappa shape index (κ2) is 5.32. The standard InChI is InChI=1S/C8H16F3N3O/c1-5(4-15)14(2)3-6(7(12)13)8(9,10)11/h5-6,15H,3-4H2,1-2H3,(H3,12,13). The van der Waals surface area contributed by atoms with Crippen LogP contribution in [0.15, 0.2) is 0 Å². The fraction of sp³-hybridized carbons (Fsp3) is 0.875. The van der Waals surface area contributed by atoms with Crippen molar-refractivity contribution in [2.24, 2.45) is 11.7 Å². The van der Waals surface area contributed by atoms with E-state index >= 15 is 0 Å². The summed E-state index contributed by atoms with van der Waals surface area (Å²) in [5, 5.41) is 15.6. The van der Waals surface area contributed by atoms with Gasteiger partial charge in [-0.2, -0.15) is 13.2 Å². The molecule has 0 aromatic heterocycles. The Morgan fingerprint density at radius 2 is 2.00 bits per heavy atom. The molecule has 0 aliphatic heterocycles. The predicted octanol–water partition coefficient (Wildman–Crippen LogP) is 0.413. The first-order valence-electron chi connectivity index (χ1n) is 4.41. The summed E-state index contributed by atoms with van der Waals surface area (Å²) in [5.74, 6) is -2.88. The monoisotopic (exact) mass is 227 g/mol. The van der Waals surface area contributed by atoms with Crippen LogP contribution in [0.5, 0.6) is 0 Å². The van der Waals surface area contributed by atoms with E-state index in [0.717, 1.165) is 0 Å². The van der Waals surface area contributed by atoms with Crippen molar-refractivity contribution in [3.8, 4) is 0 Å². The topological polar surface area (TPSA) is 73.3 Å². The van der Waals surface area contributed by atoms with Gasteiger partial charge in [0.15, 0.2) is 0 Å². The maximum absolute atomic E-state index is 12.4. The number of nitrogens with zero attached hydrogens (tertiary/aromatic N) is 1. The summed E-state index contributed by atoms with van der Waals surface area (Å²) in [4.78, 5) is 1.32. The fourth-order valence-electron chi connectivity index (χ4n) is 0.985. The first-order valence-corrected chi connectivity index (χ1v) is 4.41. The maximum atomic E-state index is 12.4. The minimum absolute atomic E-state index is 0.237. The molecule has 2 unspecified atom stereocenters. The summed E-state index contributed by atoms with van der Waals surface area (Å²) < 4.78 is 37.2. The molecule has 0 aliphatic carbocycles. The smallest absolute Gasteiger partial charge is 0.395 e. The number of nitrogens with two attached hydrogens (primary N) is 1. The second-order valence-corrected chi connectivity index (χ2v) is 3.52. The highest BCUT2D eigenvalue weighted by atomic mass is 19.4. The molecule has 0 heterocycles. The van der Waals surface area contributed by atoms with E-state index in [1.165, 1.54) is 11.9 Å². The van der Waals surface area contributed by atoms with Gasteiger partial charge in [0.05, 0.1) is 6.61 Å². The first kappa shape index (κ1) is 14.2. The van der Waals surface area contributed by atoms with E-state index in [-0.39, 0.29) is 6.61 Å². The van der Waals surface area contributed by atoms with Gasteiger partial charge in [0.25, 0.3) is 0 Å². The largest absolute Gasteiger partial charge is 0.399 e. The molecule has 2 atom stereocenters. The number of aliphatic hydroxyl groups is 1. The molecule has 15 heavy (non-hydrogen) atoms. The van der Waals surface area contributed by atoms with Crippen LogP contribution in [-0.2, 0) is 0 Å². The lowest BCUT2D eigenvalue weighted by Crippen LogP contribution is -2.45. The van der Waals surface area contributed by atoms with E-state index < -0.39 is 30.5 Å². The third-order valence-electron chi connectivity index (χ3n) is 2.26. The number of aliphatic hydroxyl groups excluding tert-OH is 1. The molecule has 0 bridgehead atoms. The number of alkyl halides is 3. The van der Waals surface area contributed by atoms with Crippen LogP contribution in [-0.4, -0.2) is 48.3 Å². The number of hydrogen-bond acceptors (Lipinski definition) is 3. The Morgan fingerprint density at radius 3 is 2.27 bits per heavy atom. The Bertz CT molecular complexity index is 220. The molecule has 0 aliphatic rings. The zero-order valence-corrected chi connectivity index (χ0v) is 8.67. The van der Waals surface area contributed by atoms with Gasteiger partial charge in [0, 0.05) is 12.6 Å². The highest BCUT2D eigenvalue weighted by Crippen LogP contribution is 2.26. The minimum atomic E-state index is -4.52. The molecule has 90 valence electrons. The van der Waals surface area contributed by atoms with Crippen LogP contribution in [0.4, 0.5) is 13.2 Å². The van der Waals surface area contributed by atoms with E-state index in [1.54, 1.807) is 6.92 Å². The van der Waals surface area contributed by atoms with Crippen molar-refractivity contribution in [3.63, 3.8) is 0 Å². The molecule has 0 aromatic rings. The average Bonchev–Trinajstić information content (AvgIpc) is 2.09. The van der Waals surface area contributed by atoms with Crippen molar-refractivity contribution in [1.29, 1.82) is 5.41 Å². The van der Waals surface area contributed by atoms with E-state index in [4.69, 9.17) is 16.2 Å². The van der Waals surface area contributed by atoms with Crippen molar-refractivity contribution in [2.75, 3.05) is 20.2 Å². The van der Waals surface area contributed by atoms with Gasteiger partial charge < -0.3 is 15.7 Å². The number of hydrogen-bond donors (Lipinski definition) is 3. The molecule has 0 fully saturated rings. The summed E-state index contributed by atoms with van der Waals surface area (Å²) in [6.45, 7) is 0.938. The summed E-state index contributed by atoms with van der Waals surface area (Å²) in [5.41, 5.74) is 4.89. The van der Waals surface area contributed by atoms with E-state index in [2.05, 4.69) is 0 Å². The third-order valence-corrected chi connectivity index (χ3v) is 2.26. The number of halogens is 3. The van der Waals surface area contributed by atoms with Gasteiger partial charge in [-0.25, -0.2) is 0 Å². The highest BCUT2D eigenvalue weighted by molar-refractivity contribution is 5.80.